The lowest BCUT2D eigenvalue weighted by Gasteiger charge is -2.16. The highest BCUT2D eigenvalue weighted by Gasteiger charge is 2.20. The zero-order valence-electron chi connectivity index (χ0n) is 19.0. The summed E-state index contributed by atoms with van der Waals surface area (Å²) in [4.78, 5) is 12.6. The second kappa shape index (κ2) is 9.44. The summed E-state index contributed by atoms with van der Waals surface area (Å²) in [5, 5.41) is 1.49. The van der Waals surface area contributed by atoms with E-state index in [4.69, 9.17) is 22.1 Å². The Morgan fingerprint density at radius 3 is 2.53 bits per heavy atom. The number of ether oxygens (including phenoxy) is 1. The van der Waals surface area contributed by atoms with Gasteiger partial charge in [-0.25, -0.2) is 23.4 Å². The van der Waals surface area contributed by atoms with Gasteiger partial charge in [0.15, 0.2) is 0 Å². The van der Waals surface area contributed by atoms with Crippen molar-refractivity contribution in [2.45, 2.75) is 11.8 Å². The molecule has 3 N–H and O–H groups in total. The van der Waals surface area contributed by atoms with E-state index in [9.17, 15) is 8.42 Å². The number of anilines is 2. The Balaban J connectivity index is 1.58. The number of halogens is 1. The Hall–Kier alpha value is -4.21. The zero-order valence-corrected chi connectivity index (χ0v) is 20.6. The van der Waals surface area contributed by atoms with E-state index in [1.165, 1.54) is 12.1 Å². The minimum atomic E-state index is -3.93. The van der Waals surface area contributed by atoms with Crippen LogP contribution in [-0.2, 0) is 10.0 Å². The predicted octanol–water partition coefficient (Wildman–Crippen LogP) is 5.83. The summed E-state index contributed by atoms with van der Waals surface area (Å²) in [6.07, 6.45) is 3.18. The number of rotatable bonds is 6. The van der Waals surface area contributed by atoms with Crippen LogP contribution >= 0.6 is 11.6 Å². The minimum absolute atomic E-state index is 0.00509. The van der Waals surface area contributed by atoms with Crippen molar-refractivity contribution in [2.24, 2.45) is 0 Å². The molecule has 0 aliphatic heterocycles. The van der Waals surface area contributed by atoms with Gasteiger partial charge in [-0.05, 0) is 48.9 Å². The van der Waals surface area contributed by atoms with Gasteiger partial charge >= 0.3 is 0 Å². The van der Waals surface area contributed by atoms with Crippen molar-refractivity contribution in [2.75, 3.05) is 10.5 Å². The molecule has 0 amide bonds. The highest BCUT2D eigenvalue weighted by atomic mass is 35.5. The predicted molar refractivity (Wildman–Crippen MR) is 141 cm³/mol. The molecule has 8 nitrogen and oxygen atoms in total. The molecule has 0 saturated heterocycles. The molecule has 180 valence electrons. The normalized spacial score (nSPS) is 11.4. The van der Waals surface area contributed by atoms with E-state index in [1.807, 2.05) is 31.2 Å². The molecule has 0 aliphatic carbocycles. The third-order valence-electron chi connectivity index (χ3n) is 5.50. The molecule has 0 radical (unpaired) electrons. The molecule has 0 spiro atoms. The van der Waals surface area contributed by atoms with E-state index < -0.39 is 10.0 Å². The Bertz CT molecular complexity index is 1710. The first-order valence-corrected chi connectivity index (χ1v) is 12.7. The Morgan fingerprint density at radius 2 is 1.72 bits per heavy atom. The fourth-order valence-corrected chi connectivity index (χ4v) is 5.41. The van der Waals surface area contributed by atoms with Crippen molar-refractivity contribution in [1.29, 1.82) is 0 Å². The van der Waals surface area contributed by atoms with Crippen LogP contribution in [0.1, 0.15) is 5.56 Å². The standard InChI is InChI=1S/C26H20ClN5O3S/c1-16-11-12-17-18(6-4-9-22(17)32-36(33,34)23-10-3-2-8-20(23)27)24(16)35-25-19(7-5-14-29-25)21-13-15-30-26(28)31-21/h2-15,32H,1H3,(H2,28,30,31). The summed E-state index contributed by atoms with van der Waals surface area (Å²) >= 11 is 6.14. The van der Waals surface area contributed by atoms with Gasteiger partial charge in [0.25, 0.3) is 10.0 Å². The van der Waals surface area contributed by atoms with Gasteiger partial charge in [-0.3, -0.25) is 4.72 Å². The first-order chi connectivity index (χ1) is 17.3. The van der Waals surface area contributed by atoms with Crippen LogP contribution in [0, 0.1) is 6.92 Å². The lowest BCUT2D eigenvalue weighted by atomic mass is 10.0. The fraction of sp³-hybridized carbons (Fsp3) is 0.0385. The van der Waals surface area contributed by atoms with Crippen molar-refractivity contribution in [3.63, 3.8) is 0 Å². The summed E-state index contributed by atoms with van der Waals surface area (Å²) in [7, 11) is -3.93. The number of nitrogens with zero attached hydrogens (tertiary/aromatic N) is 3. The van der Waals surface area contributed by atoms with Crippen molar-refractivity contribution in [3.05, 3.63) is 95.8 Å². The molecule has 0 bridgehead atoms. The number of benzene rings is 3. The summed E-state index contributed by atoms with van der Waals surface area (Å²) in [6, 6.07) is 20.6. The number of nitrogens with one attached hydrogen (secondary N) is 1. The first-order valence-electron chi connectivity index (χ1n) is 10.8. The number of sulfonamides is 1. The second-order valence-corrected chi connectivity index (χ2v) is 9.96. The maximum Gasteiger partial charge on any atom is 0.263 e. The molecule has 0 saturated carbocycles. The minimum Gasteiger partial charge on any atom is -0.437 e. The van der Waals surface area contributed by atoms with Gasteiger partial charge in [0.2, 0.25) is 11.8 Å². The number of hydrogen-bond donors (Lipinski definition) is 2. The molecule has 5 aromatic rings. The molecule has 10 heteroatoms. The molecule has 0 unspecified atom stereocenters. The molecule has 0 fully saturated rings. The van der Waals surface area contributed by atoms with Crippen LogP contribution in [0.4, 0.5) is 11.6 Å². The van der Waals surface area contributed by atoms with E-state index in [2.05, 4.69) is 19.7 Å². The number of aryl methyl sites for hydroxylation is 1. The van der Waals surface area contributed by atoms with Crippen LogP contribution in [0.2, 0.25) is 5.02 Å². The quantitative estimate of drug-likeness (QED) is 0.290. The van der Waals surface area contributed by atoms with E-state index in [0.29, 0.717) is 39.3 Å². The molecular weight excluding hydrogens is 498 g/mol. The highest BCUT2D eigenvalue weighted by Crippen LogP contribution is 2.39. The third kappa shape index (κ3) is 4.53. The molecule has 0 atom stereocenters. The van der Waals surface area contributed by atoms with Gasteiger partial charge in [0, 0.05) is 23.2 Å². The lowest BCUT2D eigenvalue weighted by Crippen LogP contribution is -2.13. The molecule has 2 aromatic heterocycles. The van der Waals surface area contributed by atoms with Gasteiger partial charge in [0.1, 0.15) is 10.6 Å². The van der Waals surface area contributed by atoms with Crippen LogP contribution in [0.5, 0.6) is 11.6 Å². The molecule has 5 rings (SSSR count). The number of fused-ring (bicyclic) bond motifs is 1. The van der Waals surface area contributed by atoms with Gasteiger partial charge in [-0.1, -0.05) is 48.0 Å². The number of hydrogen-bond acceptors (Lipinski definition) is 7. The largest absolute Gasteiger partial charge is 0.437 e. The maximum atomic E-state index is 13.1. The number of pyridine rings is 1. The van der Waals surface area contributed by atoms with E-state index >= 15 is 0 Å². The molecular formula is C26H20ClN5O3S. The summed E-state index contributed by atoms with van der Waals surface area (Å²) in [5.41, 5.74) is 8.20. The highest BCUT2D eigenvalue weighted by molar-refractivity contribution is 7.92. The number of nitrogen functional groups attached to an aromatic ring is 1. The average Bonchev–Trinajstić information content (AvgIpc) is 2.86. The van der Waals surface area contributed by atoms with Gasteiger partial charge in [0.05, 0.1) is 22.0 Å². The van der Waals surface area contributed by atoms with Crippen molar-refractivity contribution in [3.8, 4) is 22.9 Å². The SMILES string of the molecule is Cc1ccc2c(NS(=O)(=O)c3ccccc3Cl)cccc2c1Oc1ncccc1-c1ccnc(N)n1. The Labute approximate surface area is 212 Å². The summed E-state index contributed by atoms with van der Waals surface area (Å²) in [6.45, 7) is 1.90. The third-order valence-corrected chi connectivity index (χ3v) is 7.36. The first kappa shape index (κ1) is 23.5. The van der Waals surface area contributed by atoms with Gasteiger partial charge in [-0.15, -0.1) is 0 Å². The monoisotopic (exact) mass is 517 g/mol. The summed E-state index contributed by atoms with van der Waals surface area (Å²) < 4.78 is 35.1. The van der Waals surface area contributed by atoms with Crippen molar-refractivity contribution < 1.29 is 13.2 Å². The topological polar surface area (TPSA) is 120 Å². The van der Waals surface area contributed by atoms with Crippen LogP contribution in [0.15, 0.2) is 90.1 Å². The molecule has 3 aromatic carbocycles. The van der Waals surface area contributed by atoms with E-state index in [1.54, 1.807) is 48.8 Å². The zero-order chi connectivity index (χ0) is 25.3. The van der Waals surface area contributed by atoms with Crippen molar-refractivity contribution >= 4 is 44.0 Å². The molecule has 0 aliphatic rings. The van der Waals surface area contributed by atoms with E-state index in [0.717, 1.165) is 5.56 Å². The second-order valence-electron chi connectivity index (χ2n) is 7.91. The molecule has 36 heavy (non-hydrogen) atoms. The smallest absolute Gasteiger partial charge is 0.263 e. The van der Waals surface area contributed by atoms with Crippen LogP contribution in [0.3, 0.4) is 0 Å². The van der Waals surface area contributed by atoms with Gasteiger partial charge < -0.3 is 10.5 Å². The summed E-state index contributed by atoms with van der Waals surface area (Å²) in [5.74, 6) is 1.00. The number of nitrogens with two attached hydrogens (primary N) is 1. The average molecular weight is 518 g/mol. The van der Waals surface area contributed by atoms with Crippen LogP contribution in [-0.4, -0.2) is 23.4 Å². The Morgan fingerprint density at radius 1 is 0.889 bits per heavy atom. The van der Waals surface area contributed by atoms with Gasteiger partial charge in [-0.2, -0.15) is 0 Å². The van der Waals surface area contributed by atoms with Crippen molar-refractivity contribution in [1.82, 2.24) is 15.0 Å². The Kier molecular flexibility index (Phi) is 6.17. The van der Waals surface area contributed by atoms with E-state index in [-0.39, 0.29) is 15.9 Å². The maximum absolute atomic E-state index is 13.1. The fourth-order valence-electron chi connectivity index (χ4n) is 3.81. The lowest BCUT2D eigenvalue weighted by molar-refractivity contribution is 0.466. The molecule has 2 heterocycles. The van der Waals surface area contributed by atoms with Crippen LogP contribution < -0.4 is 15.2 Å². The van der Waals surface area contributed by atoms with Crippen LogP contribution in [0.25, 0.3) is 22.0 Å². The number of aromatic nitrogens is 3.